The predicted octanol–water partition coefficient (Wildman–Crippen LogP) is 2.22. The van der Waals surface area contributed by atoms with E-state index in [1.807, 2.05) is 20.8 Å². The van der Waals surface area contributed by atoms with Crippen LogP contribution in [-0.2, 0) is 23.7 Å². The van der Waals surface area contributed by atoms with Gasteiger partial charge in [-0.15, -0.1) is 0 Å². The number of β-amino-alcohol motifs (C(OH)–C–C–N with tert-alkyl or cyclic N) is 1. The van der Waals surface area contributed by atoms with Gasteiger partial charge in [0, 0.05) is 26.1 Å². The van der Waals surface area contributed by atoms with Crippen molar-refractivity contribution in [3.05, 3.63) is 0 Å². The van der Waals surface area contributed by atoms with Gasteiger partial charge in [-0.1, -0.05) is 0 Å². The Hall–Kier alpha value is -1.91. The van der Waals surface area contributed by atoms with Crippen molar-refractivity contribution in [1.82, 2.24) is 9.80 Å². The zero-order chi connectivity index (χ0) is 24.4. The van der Waals surface area contributed by atoms with E-state index in [4.69, 9.17) is 18.9 Å². The standard InChI is InChI=1S/C11H21NO4.C11H19NO4/c2*1-11(2,3)16-10(14)12-5-7-15-6-4-9(13)8-12/h9,13H,4-8H2,1-3H3;4-8H2,1-3H3. The second-order valence-electron chi connectivity index (χ2n) is 9.78. The molecule has 1 atom stereocenters. The molecule has 0 aromatic heterocycles. The number of hydrogen-bond acceptors (Lipinski definition) is 8. The van der Waals surface area contributed by atoms with E-state index in [2.05, 4.69) is 0 Å². The van der Waals surface area contributed by atoms with E-state index >= 15 is 0 Å². The van der Waals surface area contributed by atoms with E-state index in [0.29, 0.717) is 58.9 Å². The largest absolute Gasteiger partial charge is 0.444 e. The van der Waals surface area contributed by atoms with Gasteiger partial charge in [0.2, 0.25) is 0 Å². The van der Waals surface area contributed by atoms with Crippen LogP contribution >= 0.6 is 0 Å². The minimum atomic E-state index is -0.538. The molecule has 10 nitrogen and oxygen atoms in total. The Morgan fingerprint density at radius 1 is 0.875 bits per heavy atom. The van der Waals surface area contributed by atoms with Crippen LogP contribution in [0, 0.1) is 0 Å². The van der Waals surface area contributed by atoms with Crippen LogP contribution < -0.4 is 0 Å². The zero-order valence-corrected chi connectivity index (χ0v) is 20.3. The van der Waals surface area contributed by atoms with Gasteiger partial charge in [-0.05, 0) is 48.0 Å². The summed E-state index contributed by atoms with van der Waals surface area (Å²) in [5.74, 6) is 0.00515. The summed E-state index contributed by atoms with van der Waals surface area (Å²) in [6.07, 6.45) is -0.463. The molecule has 0 radical (unpaired) electrons. The highest BCUT2D eigenvalue weighted by Crippen LogP contribution is 2.12. The Balaban J connectivity index is 0.000000320. The molecule has 2 heterocycles. The van der Waals surface area contributed by atoms with Crippen molar-refractivity contribution in [2.75, 3.05) is 52.6 Å². The quantitative estimate of drug-likeness (QED) is 0.585. The molecular formula is C22H40N2O8. The molecule has 2 aliphatic rings. The van der Waals surface area contributed by atoms with E-state index in [-0.39, 0.29) is 12.3 Å². The first-order valence-corrected chi connectivity index (χ1v) is 11.1. The first kappa shape index (κ1) is 28.1. The summed E-state index contributed by atoms with van der Waals surface area (Å²) in [6, 6.07) is 0. The molecule has 2 saturated heterocycles. The van der Waals surface area contributed by atoms with E-state index in [1.54, 1.807) is 20.8 Å². The first-order valence-electron chi connectivity index (χ1n) is 11.1. The lowest BCUT2D eigenvalue weighted by Gasteiger charge is -2.30. The molecule has 2 aliphatic heterocycles. The number of ketones is 1. The highest BCUT2D eigenvalue weighted by molar-refractivity contribution is 5.84. The Morgan fingerprint density at radius 3 is 1.94 bits per heavy atom. The van der Waals surface area contributed by atoms with E-state index in [0.717, 1.165) is 0 Å². The molecule has 1 N–H and O–H groups in total. The van der Waals surface area contributed by atoms with Crippen molar-refractivity contribution in [3.63, 3.8) is 0 Å². The molecule has 0 spiro atoms. The molecule has 0 aliphatic carbocycles. The maximum Gasteiger partial charge on any atom is 0.410 e. The summed E-state index contributed by atoms with van der Waals surface area (Å²) in [6.45, 7) is 14.1. The summed E-state index contributed by atoms with van der Waals surface area (Å²) in [7, 11) is 0. The van der Waals surface area contributed by atoms with Gasteiger partial charge in [0.15, 0.2) is 5.78 Å². The van der Waals surface area contributed by atoms with Gasteiger partial charge in [0.25, 0.3) is 0 Å². The first-order chi connectivity index (χ1) is 14.8. The average molecular weight is 461 g/mol. The number of rotatable bonds is 0. The Morgan fingerprint density at radius 2 is 1.38 bits per heavy atom. The van der Waals surface area contributed by atoms with Gasteiger partial charge in [-0.25, -0.2) is 9.59 Å². The third kappa shape index (κ3) is 12.8. The van der Waals surface area contributed by atoms with Crippen molar-refractivity contribution in [1.29, 1.82) is 0 Å². The van der Waals surface area contributed by atoms with Crippen LogP contribution in [-0.4, -0.2) is 103 Å². The summed E-state index contributed by atoms with van der Waals surface area (Å²) in [5, 5.41) is 9.60. The molecule has 0 saturated carbocycles. The van der Waals surface area contributed by atoms with Crippen LogP contribution in [0.4, 0.5) is 9.59 Å². The fourth-order valence-electron chi connectivity index (χ4n) is 2.74. The van der Waals surface area contributed by atoms with Crippen LogP contribution in [0.2, 0.25) is 0 Å². The van der Waals surface area contributed by atoms with Crippen LogP contribution in [0.25, 0.3) is 0 Å². The van der Waals surface area contributed by atoms with Gasteiger partial charge >= 0.3 is 12.2 Å². The topological polar surface area (TPSA) is 115 Å². The van der Waals surface area contributed by atoms with Crippen molar-refractivity contribution in [3.8, 4) is 0 Å². The van der Waals surface area contributed by atoms with E-state index in [1.165, 1.54) is 9.80 Å². The van der Waals surface area contributed by atoms with Crippen LogP contribution in [0.3, 0.4) is 0 Å². The molecule has 2 rings (SSSR count). The Kier molecular flexibility index (Phi) is 11.4. The second-order valence-corrected chi connectivity index (χ2v) is 9.78. The third-order valence-electron chi connectivity index (χ3n) is 4.23. The monoisotopic (exact) mass is 460 g/mol. The minimum absolute atomic E-state index is 0.00515. The molecule has 0 aromatic carbocycles. The number of amides is 2. The molecule has 1 unspecified atom stereocenters. The maximum atomic E-state index is 11.8. The molecule has 2 fully saturated rings. The Bertz CT molecular complexity index is 612. The summed E-state index contributed by atoms with van der Waals surface area (Å²) < 4.78 is 20.9. The normalized spacial score (nSPS) is 21.2. The lowest BCUT2D eigenvalue weighted by Crippen LogP contribution is -2.44. The summed E-state index contributed by atoms with van der Waals surface area (Å²) >= 11 is 0. The van der Waals surface area contributed by atoms with Gasteiger partial charge in [-0.2, -0.15) is 0 Å². The summed E-state index contributed by atoms with van der Waals surface area (Å²) in [4.78, 5) is 37.8. The van der Waals surface area contributed by atoms with Gasteiger partial charge in [0.1, 0.15) is 11.2 Å². The minimum Gasteiger partial charge on any atom is -0.444 e. The summed E-state index contributed by atoms with van der Waals surface area (Å²) in [5.41, 5.74) is -1.05. The van der Waals surface area contributed by atoms with Crippen molar-refractivity contribution < 1.29 is 38.4 Å². The number of ether oxygens (including phenoxy) is 4. The smallest absolute Gasteiger partial charge is 0.410 e. The van der Waals surface area contributed by atoms with E-state index in [9.17, 15) is 19.5 Å². The van der Waals surface area contributed by atoms with Crippen LogP contribution in [0.15, 0.2) is 0 Å². The van der Waals surface area contributed by atoms with Crippen molar-refractivity contribution in [2.45, 2.75) is 71.7 Å². The van der Waals surface area contributed by atoms with Crippen molar-refractivity contribution in [2.24, 2.45) is 0 Å². The highest BCUT2D eigenvalue weighted by atomic mass is 16.6. The lowest BCUT2D eigenvalue weighted by atomic mass is 10.2. The molecule has 186 valence electrons. The lowest BCUT2D eigenvalue weighted by molar-refractivity contribution is -0.122. The van der Waals surface area contributed by atoms with Gasteiger partial charge in [-0.3, -0.25) is 9.69 Å². The molecular weight excluding hydrogens is 420 g/mol. The third-order valence-corrected chi connectivity index (χ3v) is 4.23. The SMILES string of the molecule is CC(C)(C)OC(=O)N1CCOCCC(=O)C1.CC(C)(C)OC(=O)N1CCOCCC(O)C1. The number of aliphatic hydroxyl groups is 1. The molecule has 32 heavy (non-hydrogen) atoms. The number of Topliss-reactive ketones (excluding diaryl/α,β-unsaturated/α-hetero) is 1. The zero-order valence-electron chi connectivity index (χ0n) is 20.3. The number of carbonyl (C=O) groups excluding carboxylic acids is 3. The molecule has 0 bridgehead atoms. The number of carbonyl (C=O) groups is 3. The number of hydrogen-bond donors (Lipinski definition) is 1. The average Bonchev–Trinajstić information content (AvgIpc) is 2.58. The number of nitrogens with zero attached hydrogens (tertiary/aromatic N) is 2. The predicted molar refractivity (Wildman–Crippen MR) is 117 cm³/mol. The fraction of sp³-hybridized carbons (Fsp3) is 0.864. The maximum absolute atomic E-state index is 11.8. The molecule has 0 aromatic rings. The van der Waals surface area contributed by atoms with Gasteiger partial charge < -0.3 is 29.0 Å². The highest BCUT2D eigenvalue weighted by Gasteiger charge is 2.26. The van der Waals surface area contributed by atoms with Crippen LogP contribution in [0.1, 0.15) is 54.4 Å². The van der Waals surface area contributed by atoms with Gasteiger partial charge in [0.05, 0.1) is 39.0 Å². The fourth-order valence-corrected chi connectivity index (χ4v) is 2.74. The van der Waals surface area contributed by atoms with E-state index < -0.39 is 29.5 Å². The molecule has 2 amide bonds. The van der Waals surface area contributed by atoms with Crippen LogP contribution in [0.5, 0.6) is 0 Å². The Labute approximate surface area is 191 Å². The van der Waals surface area contributed by atoms with Crippen molar-refractivity contribution >= 4 is 18.0 Å². The second kappa shape index (κ2) is 13.0. The number of aliphatic hydroxyl groups excluding tert-OH is 1. The molecule has 10 heteroatoms.